The number of hydrogen-bond acceptors (Lipinski definition) is 7. The Kier molecular flexibility index (Phi) is 3.17. The lowest BCUT2D eigenvalue weighted by molar-refractivity contribution is -0.244. The predicted octanol–water partition coefficient (Wildman–Crippen LogP) is 0.131. The number of nitrogens with one attached hydrogen (secondary N) is 4. The van der Waals surface area contributed by atoms with Gasteiger partial charge in [0.1, 0.15) is 16.9 Å². The number of rotatable bonds is 5. The lowest BCUT2D eigenvalue weighted by Gasteiger charge is -2.30. The number of ether oxygens (including phenoxy) is 1. The van der Waals surface area contributed by atoms with E-state index >= 15 is 0 Å². The van der Waals surface area contributed by atoms with Crippen LogP contribution in [-0.4, -0.2) is 58.8 Å². The van der Waals surface area contributed by atoms with Crippen molar-refractivity contribution >= 4 is 16.0 Å². The van der Waals surface area contributed by atoms with E-state index < -0.39 is 56.0 Å². The first-order chi connectivity index (χ1) is 10.9. The molecule has 3 aliphatic rings. The Morgan fingerprint density at radius 1 is 1.12 bits per heavy atom. The molecule has 3 saturated heterocycles. The molecule has 0 saturated carbocycles. The molecule has 0 bridgehead atoms. The van der Waals surface area contributed by atoms with Crippen LogP contribution in [0.1, 0.15) is 20.8 Å². The average molecular weight is 394 g/mol. The highest BCUT2D eigenvalue weighted by Crippen LogP contribution is 2.65. The van der Waals surface area contributed by atoms with Gasteiger partial charge in [-0.3, -0.25) is 25.9 Å². The normalized spacial score (nSPS) is 40.0. The van der Waals surface area contributed by atoms with Gasteiger partial charge < -0.3 is 4.74 Å². The first kappa shape index (κ1) is 18.7. The molecule has 3 aliphatic heterocycles. The second-order valence-corrected chi connectivity index (χ2v) is 8.52. The molecule has 2 unspecified atom stereocenters. The minimum absolute atomic E-state index is 0.692. The molecule has 0 spiro atoms. The third-order valence-electron chi connectivity index (χ3n) is 4.96. The molecule has 144 valence electrons. The first-order valence-corrected chi connectivity index (χ1v) is 8.37. The van der Waals surface area contributed by atoms with Gasteiger partial charge >= 0.3 is 21.5 Å². The molecule has 0 aromatic heterocycles. The zero-order valence-electron chi connectivity index (χ0n) is 13.0. The maximum absolute atomic E-state index is 13.6. The molecule has 0 aromatic carbocycles. The van der Waals surface area contributed by atoms with Crippen LogP contribution in [0.5, 0.6) is 0 Å². The second kappa shape index (κ2) is 4.24. The van der Waals surface area contributed by atoms with Crippen LogP contribution in [0.4, 0.5) is 22.0 Å². The van der Waals surface area contributed by atoms with E-state index in [0.29, 0.717) is 0 Å². The molecule has 3 rings (SSSR count). The van der Waals surface area contributed by atoms with Crippen LogP contribution in [0.25, 0.3) is 0 Å². The minimum atomic E-state index is -6.43. The molecule has 0 aliphatic carbocycles. The first-order valence-electron chi connectivity index (χ1n) is 6.93. The smallest absolute Gasteiger partial charge is 0.432 e. The van der Waals surface area contributed by atoms with Crippen molar-refractivity contribution in [2.45, 2.75) is 60.7 Å². The van der Waals surface area contributed by atoms with Gasteiger partial charge in [-0.05, 0) is 20.8 Å². The largest absolute Gasteiger partial charge is 0.459 e. The second-order valence-electron chi connectivity index (χ2n) is 7.03. The summed E-state index contributed by atoms with van der Waals surface area (Å²) in [6.45, 7) is 4.68. The zero-order valence-corrected chi connectivity index (χ0v) is 13.9. The Bertz CT molecular complexity index is 761. The summed E-state index contributed by atoms with van der Waals surface area (Å²) >= 11 is 0. The fourth-order valence-electron chi connectivity index (χ4n) is 3.43. The topological polar surface area (TPSA) is 153 Å². The average Bonchev–Trinajstić information content (AvgIpc) is 3.23. The van der Waals surface area contributed by atoms with E-state index in [1.807, 2.05) is 0 Å². The van der Waals surface area contributed by atoms with E-state index in [0.717, 1.165) is 0 Å². The third kappa shape index (κ3) is 2.11. The molecule has 8 nitrogen and oxygen atoms in total. The van der Waals surface area contributed by atoms with E-state index in [1.54, 1.807) is 6.92 Å². The summed E-state index contributed by atoms with van der Waals surface area (Å²) < 4.78 is 100. The van der Waals surface area contributed by atoms with Crippen molar-refractivity contribution < 1.29 is 39.7 Å². The zero-order chi connectivity index (χ0) is 19.5. The molecule has 0 amide bonds. The number of alkyl halides is 5. The SMILES string of the molecule is CC1(C)NC1(C(=N)OC(C(F)(F)F)C(F)(F)S(=O)(=O)O)C12NC1(C)N2. The Hall–Kier alpha value is -1.09. The van der Waals surface area contributed by atoms with Crippen LogP contribution in [0, 0.1) is 5.41 Å². The molecule has 25 heavy (non-hydrogen) atoms. The van der Waals surface area contributed by atoms with Crippen LogP contribution in [0.3, 0.4) is 0 Å². The molecule has 3 fully saturated rings. The molecule has 2 atom stereocenters. The lowest BCUT2D eigenvalue weighted by atomic mass is 9.89. The highest BCUT2D eigenvalue weighted by molar-refractivity contribution is 7.86. The van der Waals surface area contributed by atoms with Crippen molar-refractivity contribution in [3.63, 3.8) is 0 Å². The van der Waals surface area contributed by atoms with Gasteiger partial charge in [0.25, 0.3) is 6.10 Å². The van der Waals surface area contributed by atoms with Crippen LogP contribution in [-0.2, 0) is 14.9 Å². The summed E-state index contributed by atoms with van der Waals surface area (Å²) in [5.74, 6) is -1.22. The summed E-state index contributed by atoms with van der Waals surface area (Å²) in [4.78, 5) is 0. The summed E-state index contributed by atoms with van der Waals surface area (Å²) in [6, 6.07) is 0. The van der Waals surface area contributed by atoms with Crippen LogP contribution in [0.2, 0.25) is 0 Å². The summed E-state index contributed by atoms with van der Waals surface area (Å²) in [5, 5.41) is 10.6. The molecular weight excluding hydrogens is 379 g/mol. The van der Waals surface area contributed by atoms with E-state index in [-0.39, 0.29) is 0 Å². The fraction of sp³-hybridized carbons (Fsp3) is 0.909. The van der Waals surface area contributed by atoms with Crippen molar-refractivity contribution in [1.82, 2.24) is 16.0 Å². The molecule has 5 N–H and O–H groups in total. The van der Waals surface area contributed by atoms with Gasteiger partial charge in [-0.2, -0.15) is 30.4 Å². The van der Waals surface area contributed by atoms with Crippen LogP contribution >= 0.6 is 0 Å². The van der Waals surface area contributed by atoms with Crippen molar-refractivity contribution in [3.8, 4) is 0 Å². The van der Waals surface area contributed by atoms with Crippen molar-refractivity contribution in [2.24, 2.45) is 0 Å². The van der Waals surface area contributed by atoms with Crippen molar-refractivity contribution in [2.75, 3.05) is 0 Å². The van der Waals surface area contributed by atoms with Gasteiger partial charge in [-0.1, -0.05) is 0 Å². The number of halogens is 5. The van der Waals surface area contributed by atoms with E-state index in [9.17, 15) is 30.4 Å². The van der Waals surface area contributed by atoms with Crippen molar-refractivity contribution in [3.05, 3.63) is 0 Å². The van der Waals surface area contributed by atoms with Crippen molar-refractivity contribution in [1.29, 1.82) is 5.41 Å². The van der Waals surface area contributed by atoms with Gasteiger partial charge in [0.05, 0.1) is 0 Å². The van der Waals surface area contributed by atoms with Gasteiger partial charge in [0.2, 0.25) is 5.90 Å². The van der Waals surface area contributed by atoms with E-state index in [4.69, 9.17) is 9.96 Å². The molecular formula is C11H15F5N4O4S. The standard InChI is InChI=1S/C11H15F5N4O4S/c1-6(2)8(18-6,11-7(3,19-11)20-11)5(17)24-4(9(12,13)14)10(15,16)25(21,22)23/h4,17-20H,1-3H3,(H,21,22,23). The molecule has 0 radical (unpaired) electrons. The Morgan fingerprint density at radius 3 is 1.76 bits per heavy atom. The molecule has 3 heterocycles. The highest BCUT2D eigenvalue weighted by Gasteiger charge is 2.97. The Morgan fingerprint density at radius 2 is 1.52 bits per heavy atom. The maximum Gasteiger partial charge on any atom is 0.432 e. The number of fused-ring (bicyclic) bond motifs is 1. The van der Waals surface area contributed by atoms with E-state index in [2.05, 4.69) is 20.7 Å². The quantitative estimate of drug-likeness (QED) is 0.146. The fourth-order valence-corrected chi connectivity index (χ4v) is 3.88. The monoisotopic (exact) mass is 394 g/mol. The van der Waals surface area contributed by atoms with E-state index in [1.165, 1.54) is 13.8 Å². The van der Waals surface area contributed by atoms with Gasteiger partial charge in [-0.15, -0.1) is 0 Å². The lowest BCUT2D eigenvalue weighted by Crippen LogP contribution is -2.57. The van der Waals surface area contributed by atoms with Gasteiger partial charge in [0.15, 0.2) is 0 Å². The number of hydrogen-bond donors (Lipinski definition) is 5. The predicted molar refractivity (Wildman–Crippen MR) is 72.5 cm³/mol. The highest BCUT2D eigenvalue weighted by atomic mass is 32.2. The van der Waals surface area contributed by atoms with Crippen LogP contribution in [0.15, 0.2) is 0 Å². The Labute approximate surface area is 138 Å². The minimum Gasteiger partial charge on any atom is -0.459 e. The molecule has 0 aromatic rings. The molecule has 14 heteroatoms. The third-order valence-corrected chi connectivity index (χ3v) is 5.86. The van der Waals surface area contributed by atoms with Gasteiger partial charge in [0, 0.05) is 5.54 Å². The Balaban J connectivity index is 1.93. The summed E-state index contributed by atoms with van der Waals surface area (Å²) in [6.07, 6.45) is -10.1. The summed E-state index contributed by atoms with van der Waals surface area (Å²) in [5.41, 5.74) is -4.32. The maximum atomic E-state index is 13.6. The summed E-state index contributed by atoms with van der Waals surface area (Å²) in [7, 11) is -6.43. The van der Waals surface area contributed by atoms with Crippen LogP contribution < -0.4 is 16.0 Å². The van der Waals surface area contributed by atoms with Gasteiger partial charge in [-0.25, -0.2) is 0 Å².